The number of hydrogen-bond acceptors (Lipinski definition) is 0. The molecule has 0 saturated heterocycles. The zero-order valence-electron chi connectivity index (χ0n) is 12.0. The minimum absolute atomic E-state index is 0.600. The summed E-state index contributed by atoms with van der Waals surface area (Å²) in [5, 5.41) is 4.56. The number of rotatable bonds is 1. The molecule has 4 rings (SSSR count). The summed E-state index contributed by atoms with van der Waals surface area (Å²) >= 11 is 0. The zero-order valence-corrected chi connectivity index (χ0v) is 11.0. The average molecular weight is 255 g/mol. The van der Waals surface area contributed by atoms with E-state index in [4.69, 9.17) is 1.37 Å². The van der Waals surface area contributed by atoms with Crippen LogP contribution in [0.3, 0.4) is 0 Å². The summed E-state index contributed by atoms with van der Waals surface area (Å²) in [5.74, 6) is 0. The minimum atomic E-state index is 0.600. The van der Waals surface area contributed by atoms with E-state index in [0.717, 1.165) is 21.9 Å². The molecule has 0 aliphatic carbocycles. The summed E-state index contributed by atoms with van der Waals surface area (Å²) in [5.41, 5.74) is 2.09. The second-order valence-corrected chi connectivity index (χ2v) is 5.02. The molecule has 0 heteroatoms. The Morgan fingerprint density at radius 3 is 1.80 bits per heavy atom. The molecule has 0 aromatic heterocycles. The van der Waals surface area contributed by atoms with Gasteiger partial charge in [-0.15, -0.1) is 0 Å². The van der Waals surface area contributed by atoms with Gasteiger partial charge in [0, 0.05) is 0 Å². The average Bonchev–Trinajstić information content (AvgIpc) is 2.55. The standard InChI is InChI=1S/C20H14/c1-3-7-17-13-19(11-9-15(17)5-1)20-12-10-16-6-2-4-8-18(16)14-20/h1-14H/i13D. The van der Waals surface area contributed by atoms with Gasteiger partial charge in [-0.2, -0.15) is 0 Å². The molecule has 4 aromatic rings. The van der Waals surface area contributed by atoms with Crippen LogP contribution >= 0.6 is 0 Å². The zero-order chi connectivity index (χ0) is 14.2. The Balaban J connectivity index is 1.97. The summed E-state index contributed by atoms with van der Waals surface area (Å²) in [6.07, 6.45) is 0. The summed E-state index contributed by atoms with van der Waals surface area (Å²) < 4.78 is 8.49. The topological polar surface area (TPSA) is 0 Å². The Morgan fingerprint density at radius 1 is 0.500 bits per heavy atom. The van der Waals surface area contributed by atoms with E-state index in [2.05, 4.69) is 48.5 Å². The molecule has 0 amide bonds. The smallest absolute Gasteiger partial charge is 0.0616 e. The maximum Gasteiger partial charge on any atom is 0.0636 e. The molecule has 94 valence electrons. The molecule has 0 aliphatic rings. The van der Waals surface area contributed by atoms with Crippen molar-refractivity contribution in [2.45, 2.75) is 0 Å². The molecule has 0 unspecified atom stereocenters. The third-order valence-electron chi connectivity index (χ3n) is 3.72. The largest absolute Gasteiger partial charge is 0.0636 e. The quantitative estimate of drug-likeness (QED) is 0.411. The molecule has 4 aromatic carbocycles. The van der Waals surface area contributed by atoms with Crippen LogP contribution in [0, 0.1) is 0 Å². The number of benzene rings is 4. The van der Waals surface area contributed by atoms with E-state index < -0.39 is 0 Å². The number of hydrogen-bond donors (Lipinski definition) is 0. The van der Waals surface area contributed by atoms with E-state index in [1.165, 1.54) is 10.8 Å². The van der Waals surface area contributed by atoms with Crippen LogP contribution in [0.1, 0.15) is 1.37 Å². The molecule has 0 nitrogen and oxygen atoms in total. The van der Waals surface area contributed by atoms with Gasteiger partial charge in [0.1, 0.15) is 0 Å². The molecular weight excluding hydrogens is 240 g/mol. The second kappa shape index (κ2) is 4.50. The van der Waals surface area contributed by atoms with Crippen LogP contribution in [0.25, 0.3) is 32.7 Å². The van der Waals surface area contributed by atoms with Crippen LogP contribution in [-0.2, 0) is 0 Å². The van der Waals surface area contributed by atoms with Crippen LogP contribution < -0.4 is 0 Å². The lowest BCUT2D eigenvalue weighted by atomic mass is 9.99. The van der Waals surface area contributed by atoms with Crippen LogP contribution in [-0.4, -0.2) is 0 Å². The first-order chi connectivity index (χ1) is 10.3. The van der Waals surface area contributed by atoms with Gasteiger partial charge in [0.25, 0.3) is 0 Å². The third-order valence-corrected chi connectivity index (χ3v) is 3.72. The van der Waals surface area contributed by atoms with Gasteiger partial charge >= 0.3 is 0 Å². The highest BCUT2D eigenvalue weighted by molar-refractivity contribution is 5.91. The summed E-state index contributed by atoms with van der Waals surface area (Å²) in [7, 11) is 0. The first kappa shape index (κ1) is 10.2. The Morgan fingerprint density at radius 2 is 1.05 bits per heavy atom. The molecule has 20 heavy (non-hydrogen) atoms. The lowest BCUT2D eigenvalue weighted by Crippen LogP contribution is -1.80. The Kier molecular flexibility index (Phi) is 2.30. The van der Waals surface area contributed by atoms with Crippen molar-refractivity contribution in [1.82, 2.24) is 0 Å². The van der Waals surface area contributed by atoms with Crippen molar-refractivity contribution in [3.05, 3.63) is 84.9 Å². The lowest BCUT2D eigenvalue weighted by molar-refractivity contribution is 1.67. The summed E-state index contributed by atoms with van der Waals surface area (Å²) in [6, 6.07) is 27.5. The van der Waals surface area contributed by atoms with Crippen molar-refractivity contribution in [3.8, 4) is 11.1 Å². The Bertz CT molecular complexity index is 954. The lowest BCUT2D eigenvalue weighted by Gasteiger charge is -2.06. The Labute approximate surface area is 119 Å². The van der Waals surface area contributed by atoms with Crippen molar-refractivity contribution >= 4 is 21.5 Å². The molecule has 0 radical (unpaired) electrons. The van der Waals surface area contributed by atoms with Gasteiger partial charge in [0.05, 0.1) is 1.37 Å². The third kappa shape index (κ3) is 1.86. The van der Waals surface area contributed by atoms with Crippen molar-refractivity contribution in [1.29, 1.82) is 0 Å². The van der Waals surface area contributed by atoms with E-state index in [1.807, 2.05) is 30.3 Å². The molecule has 0 aliphatic heterocycles. The minimum Gasteiger partial charge on any atom is -0.0616 e. The van der Waals surface area contributed by atoms with Gasteiger partial charge in [-0.25, -0.2) is 0 Å². The van der Waals surface area contributed by atoms with Gasteiger partial charge in [0.2, 0.25) is 0 Å². The highest BCUT2D eigenvalue weighted by Gasteiger charge is 2.01. The number of fused-ring (bicyclic) bond motifs is 2. The molecule has 0 saturated carbocycles. The van der Waals surface area contributed by atoms with Crippen molar-refractivity contribution in [3.63, 3.8) is 0 Å². The van der Waals surface area contributed by atoms with Gasteiger partial charge in [0.15, 0.2) is 0 Å². The predicted molar refractivity (Wildman–Crippen MR) is 86.9 cm³/mol. The fraction of sp³-hybridized carbons (Fsp3) is 0. The first-order valence-electron chi connectivity index (χ1n) is 7.30. The monoisotopic (exact) mass is 255 g/mol. The molecule has 0 N–H and O–H groups in total. The molecule has 0 bridgehead atoms. The van der Waals surface area contributed by atoms with E-state index in [9.17, 15) is 0 Å². The molecule has 0 fully saturated rings. The van der Waals surface area contributed by atoms with Crippen LogP contribution in [0.4, 0.5) is 0 Å². The van der Waals surface area contributed by atoms with Crippen molar-refractivity contribution in [2.24, 2.45) is 0 Å². The molecule has 0 heterocycles. The van der Waals surface area contributed by atoms with Crippen LogP contribution in [0.5, 0.6) is 0 Å². The van der Waals surface area contributed by atoms with Crippen LogP contribution in [0.15, 0.2) is 84.9 Å². The highest BCUT2D eigenvalue weighted by Crippen LogP contribution is 2.27. The van der Waals surface area contributed by atoms with E-state index >= 15 is 0 Å². The van der Waals surface area contributed by atoms with Gasteiger partial charge in [-0.1, -0.05) is 72.8 Å². The SMILES string of the molecule is [2H]c1c(-c2ccc3ccccc3c2)ccc2ccccc12. The van der Waals surface area contributed by atoms with E-state index in [0.29, 0.717) is 6.04 Å². The second-order valence-electron chi connectivity index (χ2n) is 5.02. The van der Waals surface area contributed by atoms with Crippen LogP contribution in [0.2, 0.25) is 0 Å². The first-order valence-corrected chi connectivity index (χ1v) is 6.80. The Hall–Kier alpha value is -2.60. The van der Waals surface area contributed by atoms with Gasteiger partial charge in [-0.05, 0) is 44.8 Å². The summed E-state index contributed by atoms with van der Waals surface area (Å²) in [4.78, 5) is 0. The highest BCUT2D eigenvalue weighted by atomic mass is 14.1. The normalized spacial score (nSPS) is 11.7. The van der Waals surface area contributed by atoms with E-state index in [1.54, 1.807) is 0 Å². The predicted octanol–water partition coefficient (Wildman–Crippen LogP) is 5.66. The maximum atomic E-state index is 8.49. The fourth-order valence-electron chi connectivity index (χ4n) is 2.64. The van der Waals surface area contributed by atoms with E-state index in [-0.39, 0.29) is 0 Å². The molecule has 0 atom stereocenters. The van der Waals surface area contributed by atoms with Crippen molar-refractivity contribution in [2.75, 3.05) is 0 Å². The molecular formula is C20H14. The fourth-order valence-corrected chi connectivity index (χ4v) is 2.64. The summed E-state index contributed by atoms with van der Waals surface area (Å²) in [6.45, 7) is 0. The maximum absolute atomic E-state index is 8.49. The van der Waals surface area contributed by atoms with Gasteiger partial charge < -0.3 is 0 Å². The van der Waals surface area contributed by atoms with Crippen molar-refractivity contribution < 1.29 is 1.37 Å². The van der Waals surface area contributed by atoms with Gasteiger partial charge in [-0.3, -0.25) is 0 Å². The molecule has 0 spiro atoms.